The van der Waals surface area contributed by atoms with E-state index in [1.807, 2.05) is 21.7 Å². The fourth-order valence-corrected chi connectivity index (χ4v) is 2.87. The number of carbonyl (C=O) groups is 1. The van der Waals surface area contributed by atoms with E-state index in [0.29, 0.717) is 44.0 Å². The topological polar surface area (TPSA) is 72.3 Å². The maximum Gasteiger partial charge on any atom is 0.405 e. The van der Waals surface area contributed by atoms with Gasteiger partial charge in [-0.1, -0.05) is 11.8 Å². The Kier molecular flexibility index (Phi) is 6.10. The molecule has 0 aromatic carbocycles. The Morgan fingerprint density at radius 2 is 2.04 bits per heavy atom. The van der Waals surface area contributed by atoms with Crippen molar-refractivity contribution in [1.82, 2.24) is 20.1 Å². The summed E-state index contributed by atoms with van der Waals surface area (Å²) in [6, 6.07) is 0. The Morgan fingerprint density at radius 3 is 2.65 bits per heavy atom. The zero-order valence-corrected chi connectivity index (χ0v) is 13.4. The largest absolute Gasteiger partial charge is 0.405 e. The summed E-state index contributed by atoms with van der Waals surface area (Å²) >= 11 is 1.07. The van der Waals surface area contributed by atoms with E-state index in [9.17, 15) is 18.0 Å². The number of ether oxygens (including phenoxy) is 1. The molecule has 0 radical (unpaired) electrons. The SMILES string of the molecule is CCn1c(SCC(=O)NCC(F)(F)F)nnc1N1CCOCC1. The number of hydrogen-bond acceptors (Lipinski definition) is 6. The molecular weight excluding hydrogens is 335 g/mol. The quantitative estimate of drug-likeness (QED) is 0.767. The number of amides is 1. The van der Waals surface area contributed by atoms with E-state index >= 15 is 0 Å². The number of aromatic nitrogens is 3. The third-order valence-electron chi connectivity index (χ3n) is 3.13. The smallest absolute Gasteiger partial charge is 0.378 e. The molecule has 0 atom stereocenters. The highest BCUT2D eigenvalue weighted by molar-refractivity contribution is 7.99. The highest BCUT2D eigenvalue weighted by Gasteiger charge is 2.28. The van der Waals surface area contributed by atoms with Crippen LogP contribution in [0, 0.1) is 0 Å². The minimum absolute atomic E-state index is 0.142. The minimum Gasteiger partial charge on any atom is -0.378 e. The lowest BCUT2D eigenvalue weighted by Crippen LogP contribution is -2.38. The van der Waals surface area contributed by atoms with Gasteiger partial charge in [-0.05, 0) is 6.92 Å². The first-order valence-electron chi connectivity index (χ1n) is 7.13. The summed E-state index contributed by atoms with van der Waals surface area (Å²) in [7, 11) is 0. The van der Waals surface area contributed by atoms with Crippen LogP contribution in [-0.2, 0) is 16.1 Å². The second kappa shape index (κ2) is 7.86. The lowest BCUT2D eigenvalue weighted by atomic mass is 10.4. The van der Waals surface area contributed by atoms with Gasteiger partial charge in [-0.3, -0.25) is 9.36 Å². The van der Waals surface area contributed by atoms with E-state index in [2.05, 4.69) is 10.2 Å². The molecule has 1 aromatic heterocycles. The number of carbonyl (C=O) groups excluding carboxylic acids is 1. The molecule has 1 N–H and O–H groups in total. The van der Waals surface area contributed by atoms with Gasteiger partial charge in [0, 0.05) is 19.6 Å². The van der Waals surface area contributed by atoms with Gasteiger partial charge in [-0.2, -0.15) is 13.2 Å². The average Bonchev–Trinajstić information content (AvgIpc) is 2.94. The molecule has 130 valence electrons. The average molecular weight is 353 g/mol. The van der Waals surface area contributed by atoms with Crippen molar-refractivity contribution in [2.24, 2.45) is 0 Å². The van der Waals surface area contributed by atoms with Crippen LogP contribution in [0.3, 0.4) is 0 Å². The van der Waals surface area contributed by atoms with Gasteiger partial charge in [0.1, 0.15) is 6.54 Å². The molecule has 2 heterocycles. The van der Waals surface area contributed by atoms with Gasteiger partial charge in [0.2, 0.25) is 11.9 Å². The van der Waals surface area contributed by atoms with Gasteiger partial charge in [0.25, 0.3) is 0 Å². The maximum atomic E-state index is 12.0. The third-order valence-corrected chi connectivity index (χ3v) is 4.09. The molecule has 0 unspecified atom stereocenters. The predicted octanol–water partition coefficient (Wildman–Crippen LogP) is 0.905. The summed E-state index contributed by atoms with van der Waals surface area (Å²) in [6.07, 6.45) is -4.41. The fourth-order valence-electron chi connectivity index (χ4n) is 2.04. The summed E-state index contributed by atoms with van der Waals surface area (Å²) in [5, 5.41) is 10.5. The van der Waals surface area contributed by atoms with Gasteiger partial charge < -0.3 is 15.0 Å². The van der Waals surface area contributed by atoms with E-state index in [0.717, 1.165) is 11.8 Å². The number of thioether (sulfide) groups is 1. The van der Waals surface area contributed by atoms with E-state index in [1.165, 1.54) is 0 Å². The molecule has 1 amide bonds. The summed E-state index contributed by atoms with van der Waals surface area (Å²) in [4.78, 5) is 13.5. The minimum atomic E-state index is -4.41. The van der Waals surface area contributed by atoms with Crippen molar-refractivity contribution >= 4 is 23.6 Å². The molecule has 23 heavy (non-hydrogen) atoms. The number of halogens is 3. The number of anilines is 1. The first kappa shape index (κ1) is 17.9. The van der Waals surface area contributed by atoms with Gasteiger partial charge in [-0.25, -0.2) is 0 Å². The van der Waals surface area contributed by atoms with Gasteiger partial charge in [0.05, 0.1) is 19.0 Å². The zero-order chi connectivity index (χ0) is 16.9. The molecule has 1 saturated heterocycles. The molecular formula is C12H18F3N5O2S. The van der Waals surface area contributed by atoms with Crippen molar-refractivity contribution in [2.45, 2.75) is 24.8 Å². The van der Waals surface area contributed by atoms with Crippen molar-refractivity contribution in [2.75, 3.05) is 43.5 Å². The summed E-state index contributed by atoms with van der Waals surface area (Å²) in [6.45, 7) is 3.82. The summed E-state index contributed by atoms with van der Waals surface area (Å²) < 4.78 is 43.3. The summed E-state index contributed by atoms with van der Waals surface area (Å²) in [5.41, 5.74) is 0. The van der Waals surface area contributed by atoms with Crippen LogP contribution in [0.2, 0.25) is 0 Å². The highest BCUT2D eigenvalue weighted by Crippen LogP contribution is 2.22. The molecule has 0 aliphatic carbocycles. The summed E-state index contributed by atoms with van der Waals surface area (Å²) in [5.74, 6) is -0.142. The fraction of sp³-hybridized carbons (Fsp3) is 0.750. The number of hydrogen-bond donors (Lipinski definition) is 1. The van der Waals surface area contributed by atoms with E-state index < -0.39 is 18.6 Å². The van der Waals surface area contributed by atoms with Crippen molar-refractivity contribution in [3.05, 3.63) is 0 Å². The monoisotopic (exact) mass is 353 g/mol. The Balaban J connectivity index is 1.92. The van der Waals surface area contributed by atoms with Crippen molar-refractivity contribution < 1.29 is 22.7 Å². The maximum absolute atomic E-state index is 12.0. The Hall–Kier alpha value is -1.49. The van der Waals surface area contributed by atoms with E-state index in [4.69, 9.17) is 4.74 Å². The molecule has 0 bridgehead atoms. The van der Waals surface area contributed by atoms with Crippen molar-refractivity contribution in [3.8, 4) is 0 Å². The molecule has 1 fully saturated rings. The molecule has 2 rings (SSSR count). The Labute approximate surface area is 135 Å². The second-order valence-corrected chi connectivity index (χ2v) is 5.75. The van der Waals surface area contributed by atoms with Crippen LogP contribution in [0.4, 0.5) is 19.1 Å². The molecule has 0 saturated carbocycles. The standard InChI is InChI=1S/C12H18F3N5O2S/c1-2-20-10(19-3-5-22-6-4-19)17-18-11(20)23-7-9(21)16-8-12(13,14)15/h2-8H2,1H3,(H,16,21). The first-order valence-corrected chi connectivity index (χ1v) is 8.11. The normalized spacial score (nSPS) is 15.7. The van der Waals surface area contributed by atoms with Crippen LogP contribution in [0.15, 0.2) is 5.16 Å². The first-order chi connectivity index (χ1) is 10.9. The van der Waals surface area contributed by atoms with Crippen molar-refractivity contribution in [1.29, 1.82) is 0 Å². The van der Waals surface area contributed by atoms with Gasteiger partial charge in [-0.15, -0.1) is 10.2 Å². The molecule has 7 nitrogen and oxygen atoms in total. The van der Waals surface area contributed by atoms with Crippen molar-refractivity contribution in [3.63, 3.8) is 0 Å². The second-order valence-electron chi connectivity index (χ2n) is 4.81. The van der Waals surface area contributed by atoms with Crippen LogP contribution in [0.5, 0.6) is 0 Å². The Bertz CT molecular complexity index is 531. The number of alkyl halides is 3. The van der Waals surface area contributed by atoms with E-state index in [-0.39, 0.29) is 5.75 Å². The molecule has 1 aliphatic heterocycles. The molecule has 1 aliphatic rings. The Morgan fingerprint density at radius 1 is 1.35 bits per heavy atom. The molecule has 11 heteroatoms. The molecule has 1 aromatic rings. The van der Waals surface area contributed by atoms with Gasteiger partial charge >= 0.3 is 6.18 Å². The number of rotatable bonds is 6. The molecule has 0 spiro atoms. The van der Waals surface area contributed by atoms with Crippen LogP contribution in [-0.4, -0.2) is 65.4 Å². The number of morpholine rings is 1. The van der Waals surface area contributed by atoms with Gasteiger partial charge in [0.15, 0.2) is 5.16 Å². The van der Waals surface area contributed by atoms with Crippen LogP contribution >= 0.6 is 11.8 Å². The lowest BCUT2D eigenvalue weighted by Gasteiger charge is -2.27. The van der Waals surface area contributed by atoms with Crippen LogP contribution in [0.25, 0.3) is 0 Å². The predicted molar refractivity (Wildman–Crippen MR) is 78.5 cm³/mol. The van der Waals surface area contributed by atoms with Crippen LogP contribution < -0.4 is 10.2 Å². The lowest BCUT2D eigenvalue weighted by molar-refractivity contribution is -0.136. The zero-order valence-electron chi connectivity index (χ0n) is 12.6. The highest BCUT2D eigenvalue weighted by atomic mass is 32.2. The van der Waals surface area contributed by atoms with E-state index in [1.54, 1.807) is 0 Å². The third kappa shape index (κ3) is 5.27. The van der Waals surface area contributed by atoms with Crippen LogP contribution in [0.1, 0.15) is 6.92 Å². The number of nitrogens with one attached hydrogen (secondary N) is 1. The number of nitrogens with zero attached hydrogens (tertiary/aromatic N) is 4.